The van der Waals surface area contributed by atoms with Crippen molar-refractivity contribution in [1.82, 2.24) is 4.90 Å². The van der Waals surface area contributed by atoms with Crippen LogP contribution < -0.4 is 0 Å². The molecule has 0 unspecified atom stereocenters. The molecule has 0 saturated heterocycles. The quantitative estimate of drug-likeness (QED) is 0.830. The first-order chi connectivity index (χ1) is 8.95. The fraction of sp³-hybridized carbons (Fsp3) is 0.533. The minimum Gasteiger partial charge on any atom is -0.481 e. The van der Waals surface area contributed by atoms with Gasteiger partial charge in [-0.15, -0.1) is 0 Å². The molecule has 0 fully saturated rings. The third-order valence-corrected chi connectivity index (χ3v) is 4.15. The number of nitrogens with zero attached hydrogens (tertiary/aromatic N) is 1. The van der Waals surface area contributed by atoms with Crippen molar-refractivity contribution in [1.29, 1.82) is 0 Å². The highest BCUT2D eigenvalue weighted by Crippen LogP contribution is 2.28. The van der Waals surface area contributed by atoms with Crippen molar-refractivity contribution in [2.75, 3.05) is 13.6 Å². The van der Waals surface area contributed by atoms with Crippen molar-refractivity contribution >= 4 is 17.6 Å². The van der Waals surface area contributed by atoms with Crippen LogP contribution in [-0.4, -0.2) is 29.6 Å². The maximum absolute atomic E-state index is 11.5. The number of carboxylic acids is 1. The van der Waals surface area contributed by atoms with Gasteiger partial charge in [-0.2, -0.15) is 0 Å². The van der Waals surface area contributed by atoms with E-state index in [0.29, 0.717) is 25.9 Å². The Labute approximate surface area is 120 Å². The highest BCUT2D eigenvalue weighted by Gasteiger charge is 2.35. The van der Waals surface area contributed by atoms with E-state index in [1.807, 2.05) is 50.1 Å². The van der Waals surface area contributed by atoms with Crippen LogP contribution in [0.3, 0.4) is 0 Å². The molecule has 0 saturated carbocycles. The van der Waals surface area contributed by atoms with Gasteiger partial charge in [0.2, 0.25) is 0 Å². The third-order valence-electron chi connectivity index (χ3n) is 3.78. The Morgan fingerprint density at radius 3 is 2.37 bits per heavy atom. The van der Waals surface area contributed by atoms with Crippen LogP contribution in [0.2, 0.25) is 5.02 Å². The van der Waals surface area contributed by atoms with Crippen LogP contribution in [0.4, 0.5) is 0 Å². The Morgan fingerprint density at radius 2 is 1.89 bits per heavy atom. The van der Waals surface area contributed by atoms with Crippen LogP contribution in [0.1, 0.15) is 32.3 Å². The van der Waals surface area contributed by atoms with Gasteiger partial charge in [-0.1, -0.05) is 43.6 Å². The summed E-state index contributed by atoms with van der Waals surface area (Å²) in [5, 5.41) is 10.2. The topological polar surface area (TPSA) is 40.5 Å². The lowest BCUT2D eigenvalue weighted by atomic mass is 9.82. The van der Waals surface area contributed by atoms with Crippen molar-refractivity contribution < 1.29 is 9.90 Å². The number of rotatable bonds is 7. The molecule has 0 atom stereocenters. The smallest absolute Gasteiger partial charge is 0.310 e. The number of hydrogen-bond acceptors (Lipinski definition) is 2. The minimum atomic E-state index is -0.719. The Kier molecular flexibility index (Phi) is 5.83. The Morgan fingerprint density at radius 1 is 1.32 bits per heavy atom. The summed E-state index contributed by atoms with van der Waals surface area (Å²) in [4.78, 5) is 13.5. The Hall–Kier alpha value is -1.06. The molecule has 106 valence electrons. The molecule has 0 heterocycles. The first-order valence-corrected chi connectivity index (χ1v) is 6.98. The molecule has 1 aromatic carbocycles. The number of carbonyl (C=O) groups is 1. The first kappa shape index (κ1) is 16.0. The normalized spacial score (nSPS) is 11.8. The Balaban J connectivity index is 2.76. The van der Waals surface area contributed by atoms with E-state index < -0.39 is 11.4 Å². The summed E-state index contributed by atoms with van der Waals surface area (Å²) < 4.78 is 0. The summed E-state index contributed by atoms with van der Waals surface area (Å²) in [6, 6.07) is 7.67. The summed E-state index contributed by atoms with van der Waals surface area (Å²) >= 11 is 6.13. The van der Waals surface area contributed by atoms with Crippen LogP contribution in [0, 0.1) is 5.41 Å². The van der Waals surface area contributed by atoms with Crippen molar-refractivity contribution in [3.05, 3.63) is 34.9 Å². The lowest BCUT2D eigenvalue weighted by Crippen LogP contribution is -2.40. The van der Waals surface area contributed by atoms with E-state index in [2.05, 4.69) is 0 Å². The average Bonchev–Trinajstić information content (AvgIpc) is 2.38. The molecule has 1 aromatic rings. The average molecular weight is 284 g/mol. The fourth-order valence-electron chi connectivity index (χ4n) is 2.33. The second kappa shape index (κ2) is 6.92. The van der Waals surface area contributed by atoms with E-state index in [9.17, 15) is 9.90 Å². The van der Waals surface area contributed by atoms with E-state index in [1.165, 1.54) is 0 Å². The molecule has 4 heteroatoms. The lowest BCUT2D eigenvalue weighted by Gasteiger charge is -2.31. The van der Waals surface area contributed by atoms with Gasteiger partial charge in [0.25, 0.3) is 0 Å². The molecule has 3 nitrogen and oxygen atoms in total. The number of halogens is 1. The summed E-state index contributed by atoms with van der Waals surface area (Å²) in [6.45, 7) is 5.05. The highest BCUT2D eigenvalue weighted by atomic mass is 35.5. The summed E-state index contributed by atoms with van der Waals surface area (Å²) in [5.41, 5.74) is 0.355. The second-order valence-electron chi connectivity index (χ2n) is 5.06. The zero-order valence-electron chi connectivity index (χ0n) is 11.8. The van der Waals surface area contributed by atoms with Gasteiger partial charge in [0.1, 0.15) is 0 Å². The van der Waals surface area contributed by atoms with Gasteiger partial charge in [0.15, 0.2) is 0 Å². The molecule has 1 rings (SSSR count). The number of benzene rings is 1. The monoisotopic (exact) mass is 283 g/mol. The lowest BCUT2D eigenvalue weighted by molar-refractivity contribution is -0.150. The number of aliphatic carboxylic acids is 1. The molecular formula is C15H22ClNO2. The van der Waals surface area contributed by atoms with Gasteiger partial charge in [-0.3, -0.25) is 4.79 Å². The fourth-order valence-corrected chi connectivity index (χ4v) is 2.53. The maximum Gasteiger partial charge on any atom is 0.310 e. The van der Waals surface area contributed by atoms with Gasteiger partial charge >= 0.3 is 5.97 Å². The molecule has 0 amide bonds. The van der Waals surface area contributed by atoms with E-state index >= 15 is 0 Å². The predicted octanol–water partition coefficient (Wildman–Crippen LogP) is 3.66. The van der Waals surface area contributed by atoms with Gasteiger partial charge in [-0.25, -0.2) is 0 Å². The zero-order chi connectivity index (χ0) is 14.5. The zero-order valence-corrected chi connectivity index (χ0v) is 12.6. The highest BCUT2D eigenvalue weighted by molar-refractivity contribution is 6.31. The van der Waals surface area contributed by atoms with Gasteiger partial charge in [0, 0.05) is 18.1 Å². The van der Waals surface area contributed by atoms with Crippen molar-refractivity contribution in [2.45, 2.75) is 33.2 Å². The SMILES string of the molecule is CCC(CC)(CN(C)Cc1ccccc1Cl)C(=O)O. The van der Waals surface area contributed by atoms with Crippen LogP contribution >= 0.6 is 11.6 Å². The van der Waals surface area contributed by atoms with Gasteiger partial charge in [-0.05, 0) is 31.5 Å². The largest absolute Gasteiger partial charge is 0.481 e. The molecule has 0 aliphatic carbocycles. The molecule has 0 radical (unpaired) electrons. The molecular weight excluding hydrogens is 262 g/mol. The standard InChI is InChI=1S/C15H22ClNO2/c1-4-15(5-2,14(18)19)11-17(3)10-12-8-6-7-9-13(12)16/h6-9H,4-5,10-11H2,1-3H3,(H,18,19). The van der Waals surface area contributed by atoms with Crippen LogP contribution in [0.25, 0.3) is 0 Å². The van der Waals surface area contributed by atoms with Crippen LogP contribution in [0.15, 0.2) is 24.3 Å². The predicted molar refractivity (Wildman–Crippen MR) is 78.4 cm³/mol. The third kappa shape index (κ3) is 3.95. The molecule has 0 aliphatic heterocycles. The van der Waals surface area contributed by atoms with E-state index in [0.717, 1.165) is 10.6 Å². The second-order valence-corrected chi connectivity index (χ2v) is 5.46. The van der Waals surface area contributed by atoms with Crippen molar-refractivity contribution in [3.63, 3.8) is 0 Å². The molecule has 0 spiro atoms. The molecule has 0 aromatic heterocycles. The van der Waals surface area contributed by atoms with Gasteiger partial charge in [0.05, 0.1) is 5.41 Å². The molecule has 1 N–H and O–H groups in total. The Bertz CT molecular complexity index is 430. The molecule has 0 aliphatic rings. The first-order valence-electron chi connectivity index (χ1n) is 6.60. The van der Waals surface area contributed by atoms with E-state index in [1.54, 1.807) is 0 Å². The summed E-state index contributed by atoms with van der Waals surface area (Å²) in [5.74, 6) is -0.719. The van der Waals surface area contributed by atoms with Crippen LogP contribution in [0.5, 0.6) is 0 Å². The van der Waals surface area contributed by atoms with E-state index in [4.69, 9.17) is 11.6 Å². The minimum absolute atomic E-state index is 0.528. The van der Waals surface area contributed by atoms with Crippen LogP contribution in [-0.2, 0) is 11.3 Å². The number of carboxylic acid groups (broad SMARTS) is 1. The van der Waals surface area contributed by atoms with Crippen molar-refractivity contribution in [3.8, 4) is 0 Å². The summed E-state index contributed by atoms with van der Waals surface area (Å²) in [7, 11) is 1.94. The molecule has 0 bridgehead atoms. The van der Waals surface area contributed by atoms with E-state index in [-0.39, 0.29) is 0 Å². The molecule has 19 heavy (non-hydrogen) atoms. The summed E-state index contributed by atoms with van der Waals surface area (Å²) in [6.07, 6.45) is 1.26. The maximum atomic E-state index is 11.5. The number of hydrogen-bond donors (Lipinski definition) is 1. The van der Waals surface area contributed by atoms with Gasteiger partial charge < -0.3 is 10.0 Å². The van der Waals surface area contributed by atoms with Crippen molar-refractivity contribution in [2.24, 2.45) is 5.41 Å².